The Kier molecular flexibility index (Phi) is 11.6. The number of carboxylic acids is 1. The fraction of sp³-hybridized carbons (Fsp3) is 0.185. The van der Waals surface area contributed by atoms with Crippen molar-refractivity contribution >= 4 is 56.4 Å². The molecule has 44 heavy (non-hydrogen) atoms. The summed E-state index contributed by atoms with van der Waals surface area (Å²) in [5.41, 5.74) is 0.821. The molecule has 0 atom stereocenters. The van der Waals surface area contributed by atoms with Gasteiger partial charge < -0.3 is 24.1 Å². The first-order valence-electron chi connectivity index (χ1n) is 12.3. The van der Waals surface area contributed by atoms with E-state index in [1.54, 1.807) is 42.6 Å². The van der Waals surface area contributed by atoms with E-state index in [0.29, 0.717) is 16.3 Å². The molecule has 4 rings (SSSR count). The molecule has 232 valence electrons. The highest BCUT2D eigenvalue weighted by molar-refractivity contribution is 7.89. The van der Waals surface area contributed by atoms with Crippen LogP contribution in [-0.4, -0.2) is 74.4 Å². The molecule has 0 spiro atoms. The van der Waals surface area contributed by atoms with Gasteiger partial charge in [0.2, 0.25) is 27.7 Å². The Bertz CT molecular complexity index is 1750. The Labute approximate surface area is 256 Å². The molecule has 15 nitrogen and oxygen atoms in total. The second kappa shape index (κ2) is 15.3. The maximum Gasteiger partial charge on any atom is 0.341 e. The van der Waals surface area contributed by atoms with Crippen LogP contribution < -0.4 is 24.2 Å². The molecule has 0 aliphatic carbocycles. The van der Waals surface area contributed by atoms with Crippen molar-refractivity contribution in [3.8, 4) is 17.5 Å². The van der Waals surface area contributed by atoms with Gasteiger partial charge in [0.1, 0.15) is 11.3 Å². The highest BCUT2D eigenvalue weighted by Crippen LogP contribution is 2.29. The third kappa shape index (κ3) is 9.40. The number of anilines is 1. The zero-order valence-corrected chi connectivity index (χ0v) is 25.0. The number of esters is 1. The van der Waals surface area contributed by atoms with E-state index in [4.69, 9.17) is 30.9 Å². The molecule has 0 aliphatic rings. The van der Waals surface area contributed by atoms with E-state index in [9.17, 15) is 22.8 Å². The third-order valence-corrected chi connectivity index (χ3v) is 6.89. The zero-order valence-electron chi connectivity index (χ0n) is 23.4. The maximum atomic E-state index is 12.3. The number of sulfonamides is 1. The van der Waals surface area contributed by atoms with Crippen molar-refractivity contribution in [2.45, 2.75) is 5.75 Å². The standard InChI is InChI=1S/C16H18N4O7S.C11H8ClNO3/c1-25-12-8-13(26-2)18-15(17-12)19-16(22)20-28(23,24)9-10-6-4-5-7-11(10)14(21)27-3;12-8-3-4-9(16-6-10(14)15)11-7(8)2-1-5-13-11/h4-8H,9H2,1-3H3,(H2,17,18,19,20,22);1-5H,6H2,(H,14,15). The van der Waals surface area contributed by atoms with E-state index in [-0.39, 0.29) is 28.8 Å². The number of amides is 2. The van der Waals surface area contributed by atoms with Crippen molar-refractivity contribution < 1.29 is 46.9 Å². The average Bonchev–Trinajstić information content (AvgIpc) is 3.00. The number of ether oxygens (including phenoxy) is 4. The number of nitrogens with zero attached hydrogens (tertiary/aromatic N) is 3. The first-order chi connectivity index (χ1) is 21.0. The number of aromatic nitrogens is 3. The SMILES string of the molecule is COC(=O)c1ccccc1CS(=O)(=O)NC(=O)Nc1nc(OC)cc(OC)n1.O=C(O)COc1ccc(Cl)c2cccnc12. The summed E-state index contributed by atoms with van der Waals surface area (Å²) in [5, 5.41) is 12.0. The van der Waals surface area contributed by atoms with Crippen LogP contribution >= 0.6 is 11.6 Å². The van der Waals surface area contributed by atoms with Gasteiger partial charge in [-0.15, -0.1) is 0 Å². The summed E-state index contributed by atoms with van der Waals surface area (Å²) < 4.78 is 46.0. The van der Waals surface area contributed by atoms with Gasteiger partial charge in [0.05, 0.1) is 43.7 Å². The van der Waals surface area contributed by atoms with Crippen LogP contribution in [-0.2, 0) is 25.3 Å². The zero-order chi connectivity index (χ0) is 32.3. The summed E-state index contributed by atoms with van der Waals surface area (Å²) >= 11 is 5.98. The summed E-state index contributed by atoms with van der Waals surface area (Å²) in [6, 6.07) is 13.1. The number of carboxylic acid groups (broad SMARTS) is 1. The van der Waals surface area contributed by atoms with Crippen LogP contribution in [0.25, 0.3) is 10.9 Å². The van der Waals surface area contributed by atoms with E-state index < -0.39 is 40.4 Å². The van der Waals surface area contributed by atoms with E-state index >= 15 is 0 Å². The molecule has 4 aromatic rings. The van der Waals surface area contributed by atoms with Gasteiger partial charge in [0.25, 0.3) is 0 Å². The second-order valence-electron chi connectivity index (χ2n) is 8.37. The lowest BCUT2D eigenvalue weighted by molar-refractivity contribution is -0.139. The van der Waals surface area contributed by atoms with Gasteiger partial charge in [-0.05, 0) is 35.9 Å². The molecule has 2 aromatic carbocycles. The Morgan fingerprint density at radius 3 is 2.27 bits per heavy atom. The predicted octanol–water partition coefficient (Wildman–Crippen LogP) is 3.28. The number of rotatable bonds is 10. The number of halogens is 1. The molecular formula is C27H26ClN5O10S. The fourth-order valence-electron chi connectivity index (χ4n) is 3.50. The molecule has 2 amide bonds. The van der Waals surface area contributed by atoms with Gasteiger partial charge in [0.15, 0.2) is 6.61 Å². The Balaban J connectivity index is 0.000000278. The van der Waals surface area contributed by atoms with Gasteiger partial charge in [-0.25, -0.2) is 27.5 Å². The van der Waals surface area contributed by atoms with Gasteiger partial charge in [0, 0.05) is 11.6 Å². The summed E-state index contributed by atoms with van der Waals surface area (Å²) in [6.45, 7) is -0.396. The molecule has 0 radical (unpaired) electrons. The average molecular weight is 648 g/mol. The number of benzene rings is 2. The lowest BCUT2D eigenvalue weighted by atomic mass is 10.1. The number of methoxy groups -OCH3 is 3. The fourth-order valence-corrected chi connectivity index (χ4v) is 4.78. The predicted molar refractivity (Wildman–Crippen MR) is 158 cm³/mol. The molecule has 2 heterocycles. The van der Waals surface area contributed by atoms with E-state index in [1.807, 2.05) is 4.72 Å². The number of pyridine rings is 1. The molecule has 0 saturated carbocycles. The van der Waals surface area contributed by atoms with Crippen molar-refractivity contribution in [2.24, 2.45) is 0 Å². The molecule has 0 aliphatic heterocycles. The Morgan fingerprint density at radius 2 is 1.64 bits per heavy atom. The first-order valence-corrected chi connectivity index (χ1v) is 14.3. The largest absolute Gasteiger partial charge is 0.481 e. The minimum atomic E-state index is -4.14. The van der Waals surface area contributed by atoms with Crippen LogP contribution in [0, 0.1) is 0 Å². The summed E-state index contributed by atoms with van der Waals surface area (Å²) in [6.07, 6.45) is 1.60. The number of fused-ring (bicyclic) bond motifs is 1. The van der Waals surface area contributed by atoms with Gasteiger partial charge in [-0.2, -0.15) is 9.97 Å². The molecule has 3 N–H and O–H groups in total. The van der Waals surface area contributed by atoms with Gasteiger partial charge in [-0.1, -0.05) is 29.8 Å². The highest BCUT2D eigenvalue weighted by atomic mass is 35.5. The van der Waals surface area contributed by atoms with Crippen LogP contribution in [0.3, 0.4) is 0 Å². The van der Waals surface area contributed by atoms with Crippen molar-refractivity contribution in [3.05, 3.63) is 76.9 Å². The Morgan fingerprint density at radius 1 is 0.955 bits per heavy atom. The normalized spacial score (nSPS) is 10.5. The number of aliphatic carboxylic acids is 1. The third-order valence-electron chi connectivity index (χ3n) is 5.37. The van der Waals surface area contributed by atoms with Crippen LogP contribution in [0.1, 0.15) is 15.9 Å². The number of nitrogens with one attached hydrogen (secondary N) is 2. The van der Waals surface area contributed by atoms with E-state index in [2.05, 4.69) is 25.0 Å². The molecular weight excluding hydrogens is 622 g/mol. The van der Waals surface area contributed by atoms with Crippen LogP contribution in [0.5, 0.6) is 17.5 Å². The molecule has 2 aromatic heterocycles. The van der Waals surface area contributed by atoms with Gasteiger partial charge in [-0.3, -0.25) is 10.3 Å². The minimum Gasteiger partial charge on any atom is -0.481 e. The number of carbonyl (C=O) groups excluding carboxylic acids is 2. The monoisotopic (exact) mass is 647 g/mol. The van der Waals surface area contributed by atoms with Crippen molar-refractivity contribution in [1.82, 2.24) is 19.7 Å². The number of carbonyl (C=O) groups is 3. The van der Waals surface area contributed by atoms with Crippen LogP contribution in [0.15, 0.2) is 60.8 Å². The number of hydrogen-bond donors (Lipinski definition) is 3. The van der Waals surface area contributed by atoms with Gasteiger partial charge >= 0.3 is 18.0 Å². The second-order valence-corrected chi connectivity index (χ2v) is 10.5. The summed E-state index contributed by atoms with van der Waals surface area (Å²) in [7, 11) is -0.243. The van der Waals surface area contributed by atoms with E-state index in [1.165, 1.54) is 39.5 Å². The Hall–Kier alpha value is -5.22. The lowest BCUT2D eigenvalue weighted by Crippen LogP contribution is -2.36. The number of hydrogen-bond acceptors (Lipinski definition) is 12. The highest BCUT2D eigenvalue weighted by Gasteiger charge is 2.21. The quantitative estimate of drug-likeness (QED) is 0.212. The minimum absolute atomic E-state index is 0.0802. The van der Waals surface area contributed by atoms with Crippen molar-refractivity contribution in [3.63, 3.8) is 0 Å². The molecule has 0 bridgehead atoms. The van der Waals surface area contributed by atoms with Crippen molar-refractivity contribution in [2.75, 3.05) is 33.3 Å². The van der Waals surface area contributed by atoms with Crippen LogP contribution in [0.4, 0.5) is 10.7 Å². The molecule has 17 heteroatoms. The lowest BCUT2D eigenvalue weighted by Gasteiger charge is -2.11. The topological polar surface area (TPSA) is 205 Å². The molecule has 0 saturated heterocycles. The number of urea groups is 1. The van der Waals surface area contributed by atoms with Crippen molar-refractivity contribution in [1.29, 1.82) is 0 Å². The summed E-state index contributed by atoms with van der Waals surface area (Å²) in [4.78, 5) is 46.0. The summed E-state index contributed by atoms with van der Waals surface area (Å²) in [5.74, 6) is -1.92. The smallest absolute Gasteiger partial charge is 0.341 e. The molecule has 0 unspecified atom stereocenters. The first kappa shape index (κ1) is 33.3. The van der Waals surface area contributed by atoms with Crippen LogP contribution in [0.2, 0.25) is 5.02 Å². The van der Waals surface area contributed by atoms with E-state index in [0.717, 1.165) is 5.39 Å². The maximum absolute atomic E-state index is 12.3. The molecule has 0 fully saturated rings.